The molecule has 21 heavy (non-hydrogen) atoms. The first-order chi connectivity index (χ1) is 9.95. The lowest BCUT2D eigenvalue weighted by Crippen LogP contribution is -2.38. The Labute approximate surface area is 123 Å². The quantitative estimate of drug-likeness (QED) is 0.429. The fraction of sp³-hybridized carbons (Fsp3) is 0.667. The second-order valence-corrected chi connectivity index (χ2v) is 4.52. The van der Waals surface area contributed by atoms with Crippen molar-refractivity contribution in [3.05, 3.63) is 0 Å². The lowest BCUT2D eigenvalue weighted by molar-refractivity contribution is -0.121. The van der Waals surface area contributed by atoms with Gasteiger partial charge in [-0.25, -0.2) is 4.79 Å². The van der Waals surface area contributed by atoms with E-state index in [-0.39, 0.29) is 5.71 Å². The molecule has 1 fully saturated rings. The van der Waals surface area contributed by atoms with Crippen molar-refractivity contribution < 1.29 is 19.2 Å². The minimum Gasteiger partial charge on any atom is -0.378 e. The fourth-order valence-corrected chi connectivity index (χ4v) is 1.52. The van der Waals surface area contributed by atoms with E-state index in [1.165, 1.54) is 11.9 Å². The highest BCUT2D eigenvalue weighted by Crippen LogP contribution is 2.00. The maximum atomic E-state index is 12.1. The molecule has 9 heteroatoms. The number of ether oxygens (including phenoxy) is 1. The molecule has 1 saturated heterocycles. The molecule has 1 heterocycles. The van der Waals surface area contributed by atoms with Gasteiger partial charge in [0.2, 0.25) is 0 Å². The molecule has 0 saturated carbocycles. The highest BCUT2D eigenvalue weighted by molar-refractivity contribution is 6.66. The van der Waals surface area contributed by atoms with Gasteiger partial charge in [0.1, 0.15) is 0 Å². The molecule has 9 nitrogen and oxygen atoms in total. The Morgan fingerprint density at radius 1 is 1.29 bits per heavy atom. The van der Waals surface area contributed by atoms with Gasteiger partial charge in [0.05, 0.1) is 32.0 Å². The second-order valence-electron chi connectivity index (χ2n) is 4.52. The van der Waals surface area contributed by atoms with E-state index >= 15 is 0 Å². The van der Waals surface area contributed by atoms with Crippen LogP contribution in [-0.2, 0) is 14.4 Å². The van der Waals surface area contributed by atoms with E-state index < -0.39 is 12.0 Å². The zero-order chi connectivity index (χ0) is 15.8. The molecule has 0 spiro atoms. The Bertz CT molecular complexity index is 441. The maximum absolute atomic E-state index is 12.1. The SMILES string of the molecule is CNC(=O)ON=C(C(=O)N(C)C)C(C)=NN1CCOCC1. The summed E-state index contributed by atoms with van der Waals surface area (Å²) in [6.45, 7) is 4.08. The van der Waals surface area contributed by atoms with E-state index in [1.54, 1.807) is 26.0 Å². The molecule has 0 aromatic heterocycles. The number of hydrogen-bond acceptors (Lipinski definition) is 7. The highest BCUT2D eigenvalue weighted by atomic mass is 16.7. The number of carbonyl (C=O) groups is 2. The van der Waals surface area contributed by atoms with Crippen LogP contribution >= 0.6 is 0 Å². The second kappa shape index (κ2) is 8.20. The molecule has 1 rings (SSSR count). The Kier molecular flexibility index (Phi) is 6.60. The summed E-state index contributed by atoms with van der Waals surface area (Å²) in [6, 6.07) is 0. The summed E-state index contributed by atoms with van der Waals surface area (Å²) in [5, 5.41) is 12.0. The normalized spacial score (nSPS) is 16.5. The van der Waals surface area contributed by atoms with Crippen LogP contribution in [0.4, 0.5) is 4.79 Å². The van der Waals surface area contributed by atoms with Gasteiger partial charge in [0, 0.05) is 21.1 Å². The van der Waals surface area contributed by atoms with Gasteiger partial charge in [0.15, 0.2) is 5.71 Å². The average molecular weight is 299 g/mol. The smallest absolute Gasteiger partial charge is 0.378 e. The third kappa shape index (κ3) is 5.38. The van der Waals surface area contributed by atoms with Crippen LogP contribution in [0.5, 0.6) is 0 Å². The number of oxime groups is 1. The first-order valence-electron chi connectivity index (χ1n) is 6.52. The summed E-state index contributed by atoms with van der Waals surface area (Å²) in [5.41, 5.74) is 0.356. The number of hydrazone groups is 1. The minimum atomic E-state index is -0.752. The molecule has 2 amide bonds. The number of carbonyl (C=O) groups excluding carboxylic acids is 2. The van der Waals surface area contributed by atoms with Gasteiger partial charge in [-0.2, -0.15) is 5.10 Å². The van der Waals surface area contributed by atoms with Gasteiger partial charge in [-0.15, -0.1) is 0 Å². The van der Waals surface area contributed by atoms with Crippen LogP contribution < -0.4 is 5.32 Å². The van der Waals surface area contributed by atoms with Crippen LogP contribution in [0.15, 0.2) is 10.3 Å². The lowest BCUT2D eigenvalue weighted by Gasteiger charge is -2.24. The van der Waals surface area contributed by atoms with Crippen LogP contribution in [0.1, 0.15) is 6.92 Å². The molecular weight excluding hydrogens is 278 g/mol. The van der Waals surface area contributed by atoms with Crippen molar-refractivity contribution in [2.45, 2.75) is 6.92 Å². The molecule has 0 bridgehead atoms. The first-order valence-corrected chi connectivity index (χ1v) is 6.52. The summed E-state index contributed by atoms with van der Waals surface area (Å²) in [6.07, 6.45) is -0.752. The molecule has 1 aliphatic rings. The molecule has 0 aliphatic carbocycles. The van der Waals surface area contributed by atoms with Crippen molar-refractivity contribution in [2.75, 3.05) is 47.4 Å². The topological polar surface area (TPSA) is 95.8 Å². The monoisotopic (exact) mass is 299 g/mol. The average Bonchev–Trinajstić information content (AvgIpc) is 2.47. The summed E-state index contributed by atoms with van der Waals surface area (Å²) in [4.78, 5) is 29.1. The van der Waals surface area contributed by atoms with Crippen LogP contribution in [0.2, 0.25) is 0 Å². The molecule has 0 aromatic carbocycles. The minimum absolute atomic E-state index is 0.0184. The summed E-state index contributed by atoms with van der Waals surface area (Å²) in [5.74, 6) is -0.395. The number of hydrogen-bond donors (Lipinski definition) is 1. The number of rotatable bonds is 4. The van der Waals surface area contributed by atoms with Crippen molar-refractivity contribution >= 4 is 23.4 Å². The highest BCUT2D eigenvalue weighted by Gasteiger charge is 2.20. The predicted octanol–water partition coefficient (Wildman–Crippen LogP) is -0.505. The molecule has 0 atom stereocenters. The van der Waals surface area contributed by atoms with Crippen LogP contribution in [0, 0.1) is 0 Å². The molecular formula is C12H21N5O4. The van der Waals surface area contributed by atoms with Crippen molar-refractivity contribution in [1.82, 2.24) is 15.2 Å². The third-order valence-electron chi connectivity index (χ3n) is 2.65. The lowest BCUT2D eigenvalue weighted by atomic mass is 10.2. The van der Waals surface area contributed by atoms with Gasteiger partial charge < -0.3 is 15.0 Å². The van der Waals surface area contributed by atoms with E-state index in [0.29, 0.717) is 32.0 Å². The fourth-order valence-electron chi connectivity index (χ4n) is 1.52. The largest absolute Gasteiger partial charge is 0.433 e. The zero-order valence-corrected chi connectivity index (χ0v) is 12.8. The molecule has 0 aromatic rings. The van der Waals surface area contributed by atoms with Gasteiger partial charge in [-0.3, -0.25) is 14.6 Å². The predicted molar refractivity (Wildman–Crippen MR) is 77.2 cm³/mol. The Morgan fingerprint density at radius 3 is 2.43 bits per heavy atom. The Hall–Kier alpha value is -2.16. The standard InChI is InChI=1S/C12H21N5O4/c1-9(14-17-5-7-20-8-6-17)10(11(18)16(3)4)15-21-12(19)13-2/h5-8H2,1-4H3,(H,13,19). The Balaban J connectivity index is 2.90. The van der Waals surface area contributed by atoms with Crippen LogP contribution in [0.25, 0.3) is 0 Å². The Morgan fingerprint density at radius 2 is 1.90 bits per heavy atom. The number of nitrogens with one attached hydrogen (secondary N) is 1. The van der Waals surface area contributed by atoms with Crippen LogP contribution in [-0.4, -0.2) is 80.8 Å². The molecule has 118 valence electrons. The zero-order valence-electron chi connectivity index (χ0n) is 12.8. The van der Waals surface area contributed by atoms with Gasteiger partial charge in [-0.1, -0.05) is 5.16 Å². The summed E-state index contributed by atoms with van der Waals surface area (Å²) >= 11 is 0. The van der Waals surface area contributed by atoms with E-state index in [2.05, 4.69) is 20.4 Å². The number of amides is 2. The third-order valence-corrected chi connectivity index (χ3v) is 2.65. The molecule has 1 N–H and O–H groups in total. The first kappa shape index (κ1) is 16.9. The van der Waals surface area contributed by atoms with Crippen molar-refractivity contribution in [3.8, 4) is 0 Å². The van der Waals surface area contributed by atoms with E-state index in [9.17, 15) is 9.59 Å². The van der Waals surface area contributed by atoms with Gasteiger partial charge in [0.25, 0.3) is 5.91 Å². The van der Waals surface area contributed by atoms with Crippen molar-refractivity contribution in [3.63, 3.8) is 0 Å². The summed E-state index contributed by atoms with van der Waals surface area (Å²) in [7, 11) is 4.57. The van der Waals surface area contributed by atoms with Gasteiger partial charge in [-0.05, 0) is 6.92 Å². The maximum Gasteiger partial charge on any atom is 0.433 e. The summed E-state index contributed by atoms with van der Waals surface area (Å²) < 4.78 is 5.23. The molecule has 1 aliphatic heterocycles. The molecule has 0 radical (unpaired) electrons. The van der Waals surface area contributed by atoms with Crippen molar-refractivity contribution in [1.29, 1.82) is 0 Å². The number of nitrogens with zero attached hydrogens (tertiary/aromatic N) is 4. The van der Waals surface area contributed by atoms with Crippen molar-refractivity contribution in [2.24, 2.45) is 10.3 Å². The number of morpholine rings is 1. The molecule has 0 unspecified atom stereocenters. The van der Waals surface area contributed by atoms with Gasteiger partial charge >= 0.3 is 6.09 Å². The van der Waals surface area contributed by atoms with E-state index in [4.69, 9.17) is 4.74 Å². The van der Waals surface area contributed by atoms with Crippen LogP contribution in [0.3, 0.4) is 0 Å². The van der Waals surface area contributed by atoms with E-state index in [1.807, 2.05) is 0 Å². The van der Waals surface area contributed by atoms with E-state index in [0.717, 1.165) is 0 Å².